The van der Waals surface area contributed by atoms with Gasteiger partial charge in [-0.15, -0.1) is 0 Å². The average molecular weight is 210 g/mol. The number of hydrogen-bond donors (Lipinski definition) is 2. The zero-order valence-electron chi connectivity index (χ0n) is 6.64. The van der Waals surface area contributed by atoms with Crippen LogP contribution in [0.2, 0.25) is 0 Å². The molecule has 0 saturated heterocycles. The molecule has 12 heavy (non-hydrogen) atoms. The molecular weight excluding hydrogens is 198 g/mol. The van der Waals surface area contributed by atoms with E-state index in [0.29, 0.717) is 12.8 Å². The van der Waals surface area contributed by atoms with Gasteiger partial charge < -0.3 is 0 Å². The van der Waals surface area contributed by atoms with E-state index in [4.69, 9.17) is 9.79 Å². The van der Waals surface area contributed by atoms with Gasteiger partial charge in [-0.05, 0) is 0 Å². The van der Waals surface area contributed by atoms with Crippen LogP contribution in [-0.2, 0) is 9.13 Å². The Kier molecular flexibility index (Phi) is 6.74. The van der Waals surface area contributed by atoms with Gasteiger partial charge in [0.15, 0.2) is 0 Å². The Morgan fingerprint density at radius 2 is 1.92 bits per heavy atom. The first-order chi connectivity index (χ1) is 5.56. The summed E-state index contributed by atoms with van der Waals surface area (Å²) >= 11 is 0. The molecule has 0 rings (SSSR count). The van der Waals surface area contributed by atoms with Crippen LogP contribution in [0.3, 0.4) is 0 Å². The van der Waals surface area contributed by atoms with Gasteiger partial charge in [0, 0.05) is 0 Å². The van der Waals surface area contributed by atoms with Crippen molar-refractivity contribution in [1.29, 1.82) is 0 Å². The van der Waals surface area contributed by atoms with E-state index in [2.05, 4.69) is 5.63 Å². The van der Waals surface area contributed by atoms with Crippen molar-refractivity contribution < 1.29 is 18.9 Å². The molecule has 4 nitrogen and oxygen atoms in total. The molecule has 0 heterocycles. The fraction of sp³-hybridized carbons (Fsp3) is 0.833. The summed E-state index contributed by atoms with van der Waals surface area (Å²) in [5, 5.41) is 0. The molecule has 2 N–H and O–H groups in total. The molecule has 0 saturated carbocycles. The molecule has 0 amide bonds. The van der Waals surface area contributed by atoms with E-state index in [0.717, 1.165) is 12.8 Å². The van der Waals surface area contributed by atoms with E-state index in [9.17, 15) is 9.13 Å². The van der Waals surface area contributed by atoms with Gasteiger partial charge in [0.2, 0.25) is 0 Å². The number of hydrogen-bond acceptors (Lipinski definition) is 2. The van der Waals surface area contributed by atoms with Gasteiger partial charge in [0.05, 0.1) is 0 Å². The predicted octanol–water partition coefficient (Wildman–Crippen LogP) is 1.98. The first-order valence-corrected chi connectivity index (χ1v) is 6.27. The van der Waals surface area contributed by atoms with Crippen LogP contribution < -0.4 is 0 Å². The van der Waals surface area contributed by atoms with Crippen molar-refractivity contribution in [2.75, 3.05) is 6.16 Å². The molecule has 70 valence electrons. The van der Waals surface area contributed by atoms with Crippen LogP contribution in [0.15, 0.2) is 0 Å². The third-order valence-electron chi connectivity index (χ3n) is 1.30. The van der Waals surface area contributed by atoms with Crippen molar-refractivity contribution in [3.63, 3.8) is 0 Å². The first kappa shape index (κ1) is 12.2. The fourth-order valence-corrected chi connectivity index (χ4v) is 1.63. The van der Waals surface area contributed by atoms with Crippen LogP contribution in [0.5, 0.6) is 0 Å². The average Bonchev–Trinajstić information content (AvgIpc) is 1.94. The van der Waals surface area contributed by atoms with Gasteiger partial charge >= 0.3 is 71.9 Å². The van der Waals surface area contributed by atoms with Crippen molar-refractivity contribution in [3.8, 4) is 5.63 Å². The molecule has 0 aliphatic rings. The van der Waals surface area contributed by atoms with E-state index in [1.165, 1.54) is 0 Å². The molecule has 0 bridgehead atoms. The Morgan fingerprint density at radius 3 is 2.42 bits per heavy atom. The van der Waals surface area contributed by atoms with Crippen molar-refractivity contribution >= 4 is 15.5 Å². The predicted molar refractivity (Wildman–Crippen MR) is 46.9 cm³/mol. The van der Waals surface area contributed by atoms with E-state index >= 15 is 0 Å². The van der Waals surface area contributed by atoms with Crippen LogP contribution in [0.4, 0.5) is 0 Å². The maximum atomic E-state index is 10.3. The van der Waals surface area contributed by atoms with Gasteiger partial charge in [0.25, 0.3) is 0 Å². The standard InChI is InChI=1S/C6H12O4P2/c7-11-5-3-1-2-4-6-12(8,9)10/h1-4,6H2,(H2,8,9,10). The SMILES string of the molecule is O=P#CCCCCCP(=O)(O)O. The topological polar surface area (TPSA) is 74.6 Å². The number of unbranched alkanes of at least 4 members (excludes halogenated alkanes) is 3. The third-order valence-corrected chi connectivity index (χ3v) is 2.55. The second-order valence-electron chi connectivity index (χ2n) is 2.45. The van der Waals surface area contributed by atoms with Crippen LogP contribution in [0.25, 0.3) is 0 Å². The van der Waals surface area contributed by atoms with E-state index in [1.54, 1.807) is 0 Å². The molecule has 0 aromatic carbocycles. The van der Waals surface area contributed by atoms with Crippen LogP contribution in [0, 0.1) is 5.63 Å². The Hall–Kier alpha value is 0.160. The molecule has 6 heteroatoms. The molecule has 0 aliphatic carbocycles. The quantitative estimate of drug-likeness (QED) is 0.537. The summed E-state index contributed by atoms with van der Waals surface area (Å²) in [5.74, 6) is 0. The van der Waals surface area contributed by atoms with Crippen molar-refractivity contribution in [1.82, 2.24) is 0 Å². The van der Waals surface area contributed by atoms with Gasteiger partial charge in [-0.3, -0.25) is 0 Å². The molecule has 0 fully saturated rings. The second kappa shape index (κ2) is 6.65. The van der Waals surface area contributed by atoms with Crippen molar-refractivity contribution in [2.24, 2.45) is 0 Å². The van der Waals surface area contributed by atoms with Gasteiger partial charge in [-0.25, -0.2) is 0 Å². The normalized spacial score (nSPS) is 10.8. The minimum atomic E-state index is -3.81. The molecule has 0 atom stereocenters. The van der Waals surface area contributed by atoms with Crippen LogP contribution in [0.1, 0.15) is 25.7 Å². The van der Waals surface area contributed by atoms with Gasteiger partial charge in [-0.1, -0.05) is 0 Å². The molecule has 0 radical (unpaired) electrons. The molecule has 0 spiro atoms. The molecule has 0 unspecified atom stereocenters. The molecule has 0 aliphatic heterocycles. The zero-order chi connectivity index (χ0) is 9.45. The van der Waals surface area contributed by atoms with Crippen molar-refractivity contribution in [2.45, 2.75) is 25.7 Å². The Morgan fingerprint density at radius 1 is 1.25 bits per heavy atom. The van der Waals surface area contributed by atoms with E-state index in [-0.39, 0.29) is 14.1 Å². The van der Waals surface area contributed by atoms with Crippen LogP contribution >= 0.6 is 15.5 Å². The van der Waals surface area contributed by atoms with Gasteiger partial charge in [-0.2, -0.15) is 0 Å². The Balaban J connectivity index is 3.26. The zero-order valence-corrected chi connectivity index (χ0v) is 8.43. The summed E-state index contributed by atoms with van der Waals surface area (Å²) in [6.07, 6.45) is 2.61. The van der Waals surface area contributed by atoms with Gasteiger partial charge in [0.1, 0.15) is 0 Å². The summed E-state index contributed by atoms with van der Waals surface area (Å²) in [4.78, 5) is 16.9. The van der Waals surface area contributed by atoms with E-state index in [1.807, 2.05) is 0 Å². The summed E-state index contributed by atoms with van der Waals surface area (Å²) in [6, 6.07) is 0. The van der Waals surface area contributed by atoms with E-state index < -0.39 is 7.60 Å². The van der Waals surface area contributed by atoms with Crippen LogP contribution in [-0.4, -0.2) is 15.9 Å². The Bertz CT molecular complexity index is 250. The number of rotatable bonds is 5. The van der Waals surface area contributed by atoms with Crippen molar-refractivity contribution in [3.05, 3.63) is 0 Å². The molecular formula is C6H12O4P2. The monoisotopic (exact) mass is 210 g/mol. The summed E-state index contributed by atoms with van der Waals surface area (Å²) in [6.45, 7) is 0. The summed E-state index contributed by atoms with van der Waals surface area (Å²) in [5.41, 5.74) is 2.57. The Labute approximate surface area is 72.7 Å². The molecule has 0 aromatic heterocycles. The minimum absolute atomic E-state index is 0.0535. The second-order valence-corrected chi connectivity index (χ2v) is 4.72. The third kappa shape index (κ3) is 10.2. The fourth-order valence-electron chi connectivity index (χ4n) is 0.744. The molecule has 0 aromatic rings. The first-order valence-electron chi connectivity index (χ1n) is 3.66. The summed E-state index contributed by atoms with van der Waals surface area (Å²) in [7, 11) is -3.90. The maximum absolute atomic E-state index is 10.3. The summed E-state index contributed by atoms with van der Waals surface area (Å²) < 4.78 is 20.2.